The van der Waals surface area contributed by atoms with Crippen LogP contribution in [0.4, 0.5) is 4.79 Å². The number of carbonyl (C=O) groups is 2. The molecule has 1 rings (SSSR count). The molecular weight excluding hydrogens is 328 g/mol. The molecule has 1 aromatic rings. The minimum absolute atomic E-state index is 0.0447. The fourth-order valence-corrected chi connectivity index (χ4v) is 3.52. The van der Waals surface area contributed by atoms with Crippen LogP contribution in [0.1, 0.15) is 44.8 Å². The summed E-state index contributed by atoms with van der Waals surface area (Å²) < 4.78 is 23.7. The van der Waals surface area contributed by atoms with E-state index in [1.807, 2.05) is 30.3 Å². The molecule has 0 aliphatic heterocycles. The molecule has 6 nitrogen and oxygen atoms in total. The molecule has 7 heteroatoms. The van der Waals surface area contributed by atoms with E-state index >= 15 is 0 Å². The summed E-state index contributed by atoms with van der Waals surface area (Å²) in [7, 11) is -3.21. The summed E-state index contributed by atoms with van der Waals surface area (Å²) in [5.41, 5.74) is 0.793. The second-order valence-electron chi connectivity index (χ2n) is 5.19. The normalized spacial score (nSPS) is 13.9. The lowest BCUT2D eigenvalue weighted by atomic mass is 10.1. The van der Waals surface area contributed by atoms with Crippen molar-refractivity contribution in [2.45, 2.75) is 39.2 Å². The molecule has 0 radical (unpaired) electrons. The molecule has 0 heterocycles. The van der Waals surface area contributed by atoms with Gasteiger partial charge in [-0.15, -0.1) is 16.7 Å². The zero-order valence-corrected chi connectivity index (χ0v) is 14.7. The SMILES string of the molecule is C#CCCCCS(=O)(=NC(=O)O[C@@H](C)c1ccccc1)NC(C)=O. The third-order valence-electron chi connectivity index (χ3n) is 3.06. The minimum atomic E-state index is -3.21. The van der Waals surface area contributed by atoms with Crippen LogP contribution >= 0.6 is 0 Å². The van der Waals surface area contributed by atoms with Gasteiger partial charge in [0.2, 0.25) is 5.91 Å². The monoisotopic (exact) mass is 350 g/mol. The van der Waals surface area contributed by atoms with E-state index in [4.69, 9.17) is 11.2 Å². The number of hydrogen-bond donors (Lipinski definition) is 1. The number of nitrogens with zero attached hydrogens (tertiary/aromatic N) is 1. The van der Waals surface area contributed by atoms with Gasteiger partial charge >= 0.3 is 6.09 Å². The third-order valence-corrected chi connectivity index (χ3v) is 4.96. The number of hydrogen-bond acceptors (Lipinski definition) is 4. The van der Waals surface area contributed by atoms with Crippen molar-refractivity contribution in [2.75, 3.05) is 5.75 Å². The van der Waals surface area contributed by atoms with Gasteiger partial charge in [-0.2, -0.15) is 0 Å². The van der Waals surface area contributed by atoms with Crippen molar-refractivity contribution in [3.05, 3.63) is 35.9 Å². The Labute approximate surface area is 143 Å². The smallest absolute Gasteiger partial charge is 0.440 e. The first kappa shape index (κ1) is 19.7. The van der Waals surface area contributed by atoms with Crippen LogP contribution in [-0.4, -0.2) is 22.0 Å². The first-order valence-corrected chi connectivity index (χ1v) is 9.27. The molecule has 0 aliphatic rings. The molecule has 2 amide bonds. The van der Waals surface area contributed by atoms with E-state index in [2.05, 4.69) is 15.0 Å². The Kier molecular flexibility index (Phi) is 7.99. The lowest BCUT2D eigenvalue weighted by Gasteiger charge is -2.13. The molecule has 1 N–H and O–H groups in total. The molecule has 0 bridgehead atoms. The first-order valence-electron chi connectivity index (χ1n) is 7.58. The van der Waals surface area contributed by atoms with Gasteiger partial charge in [-0.05, 0) is 25.3 Å². The maximum Gasteiger partial charge on any atom is 0.443 e. The Hall–Kier alpha value is -2.33. The van der Waals surface area contributed by atoms with E-state index in [9.17, 15) is 13.8 Å². The van der Waals surface area contributed by atoms with E-state index in [0.29, 0.717) is 19.3 Å². The van der Waals surface area contributed by atoms with Gasteiger partial charge in [0.15, 0.2) is 0 Å². The first-order chi connectivity index (χ1) is 11.4. The number of benzene rings is 1. The van der Waals surface area contributed by atoms with Crippen LogP contribution in [0.25, 0.3) is 0 Å². The Bertz CT molecular complexity index is 716. The molecule has 0 aliphatic carbocycles. The van der Waals surface area contributed by atoms with Crippen molar-refractivity contribution in [1.29, 1.82) is 0 Å². The average molecular weight is 350 g/mol. The Balaban J connectivity index is 2.80. The van der Waals surface area contributed by atoms with Crippen LogP contribution in [0.5, 0.6) is 0 Å². The molecule has 1 unspecified atom stereocenters. The van der Waals surface area contributed by atoms with E-state index < -0.39 is 28.0 Å². The van der Waals surface area contributed by atoms with Gasteiger partial charge < -0.3 is 4.74 Å². The van der Waals surface area contributed by atoms with Gasteiger partial charge in [-0.3, -0.25) is 9.52 Å². The maximum atomic E-state index is 12.6. The highest BCUT2D eigenvalue weighted by molar-refractivity contribution is 7.92. The molecule has 0 saturated heterocycles. The van der Waals surface area contributed by atoms with Crippen LogP contribution in [0.15, 0.2) is 34.7 Å². The predicted molar refractivity (Wildman–Crippen MR) is 93.3 cm³/mol. The zero-order chi connectivity index (χ0) is 18.0. The van der Waals surface area contributed by atoms with Crippen LogP contribution in [0.2, 0.25) is 0 Å². The van der Waals surface area contributed by atoms with Crippen molar-refractivity contribution < 1.29 is 18.5 Å². The number of nitrogens with one attached hydrogen (secondary N) is 1. The van der Waals surface area contributed by atoms with Crippen molar-refractivity contribution >= 4 is 21.9 Å². The molecule has 24 heavy (non-hydrogen) atoms. The van der Waals surface area contributed by atoms with Crippen LogP contribution < -0.4 is 4.72 Å². The molecule has 2 atom stereocenters. The summed E-state index contributed by atoms with van der Waals surface area (Å²) in [6, 6.07) is 9.11. The molecule has 0 saturated carbocycles. The second-order valence-corrected chi connectivity index (χ2v) is 7.27. The summed E-state index contributed by atoms with van der Waals surface area (Å²) in [4.78, 5) is 23.2. The van der Waals surface area contributed by atoms with Gasteiger partial charge in [-0.1, -0.05) is 30.3 Å². The molecule has 0 spiro atoms. The third kappa shape index (κ3) is 7.29. The molecule has 1 aromatic carbocycles. The predicted octanol–water partition coefficient (Wildman–Crippen LogP) is 3.21. The Morgan fingerprint density at radius 2 is 2.00 bits per heavy atom. The second kappa shape index (κ2) is 9.73. The minimum Gasteiger partial charge on any atom is -0.440 e. The van der Waals surface area contributed by atoms with Crippen LogP contribution in [0.3, 0.4) is 0 Å². The summed E-state index contributed by atoms with van der Waals surface area (Å²) in [5.74, 6) is 2.00. The van der Waals surface area contributed by atoms with Gasteiger partial charge in [0.05, 0.1) is 5.75 Å². The lowest BCUT2D eigenvalue weighted by Crippen LogP contribution is -2.31. The molecule has 130 valence electrons. The summed E-state index contributed by atoms with van der Waals surface area (Å²) >= 11 is 0. The molecular formula is C17H22N2O4S. The average Bonchev–Trinajstić information content (AvgIpc) is 2.51. The number of ether oxygens (including phenoxy) is 1. The number of rotatable bonds is 7. The summed E-state index contributed by atoms with van der Waals surface area (Å²) in [6.45, 7) is 2.91. The highest BCUT2D eigenvalue weighted by Gasteiger charge is 2.16. The van der Waals surface area contributed by atoms with Gasteiger partial charge in [0.25, 0.3) is 0 Å². The zero-order valence-electron chi connectivity index (χ0n) is 13.9. The van der Waals surface area contributed by atoms with Crippen LogP contribution in [-0.2, 0) is 19.4 Å². The summed E-state index contributed by atoms with van der Waals surface area (Å²) in [6.07, 6.45) is 5.30. The van der Waals surface area contributed by atoms with E-state index in [-0.39, 0.29) is 5.75 Å². The highest BCUT2D eigenvalue weighted by Crippen LogP contribution is 2.17. The number of carbonyl (C=O) groups excluding carboxylic acids is 2. The standard InChI is InChI=1S/C17H22N2O4S/c1-4-5-6-10-13-24(22,18-15(3)20)19-17(21)23-14(2)16-11-8-7-9-12-16/h1,7-9,11-12,14H,5-6,10,13H2,2-3H3,(H,18,19,20,21,22)/t14-,24?/m0/s1. The lowest BCUT2D eigenvalue weighted by molar-refractivity contribution is -0.117. The van der Waals surface area contributed by atoms with Gasteiger partial charge in [-0.25, -0.2) is 9.00 Å². The van der Waals surface area contributed by atoms with E-state index in [0.717, 1.165) is 5.56 Å². The molecule has 0 fully saturated rings. The van der Waals surface area contributed by atoms with Crippen molar-refractivity contribution in [3.8, 4) is 12.3 Å². The van der Waals surface area contributed by atoms with Crippen molar-refractivity contribution in [1.82, 2.24) is 4.72 Å². The molecule has 0 aromatic heterocycles. The van der Waals surface area contributed by atoms with Crippen molar-refractivity contribution in [3.63, 3.8) is 0 Å². The van der Waals surface area contributed by atoms with E-state index in [1.54, 1.807) is 6.92 Å². The van der Waals surface area contributed by atoms with Crippen LogP contribution in [0, 0.1) is 12.3 Å². The topological polar surface area (TPSA) is 84.8 Å². The quantitative estimate of drug-likeness (QED) is 0.604. The Morgan fingerprint density at radius 3 is 2.58 bits per heavy atom. The number of terminal acetylenes is 1. The van der Waals surface area contributed by atoms with Crippen molar-refractivity contribution in [2.24, 2.45) is 4.36 Å². The summed E-state index contributed by atoms with van der Waals surface area (Å²) in [5, 5.41) is 0. The highest BCUT2D eigenvalue weighted by atomic mass is 32.2. The van der Waals surface area contributed by atoms with Gasteiger partial charge in [0, 0.05) is 13.3 Å². The maximum absolute atomic E-state index is 12.6. The largest absolute Gasteiger partial charge is 0.443 e. The Morgan fingerprint density at radius 1 is 1.33 bits per heavy atom. The number of amides is 2. The fraction of sp³-hybridized carbons (Fsp3) is 0.412. The number of unbranched alkanes of at least 4 members (excludes halogenated alkanes) is 2. The van der Waals surface area contributed by atoms with E-state index in [1.165, 1.54) is 6.92 Å². The van der Waals surface area contributed by atoms with Gasteiger partial charge in [0.1, 0.15) is 16.0 Å². The fourth-order valence-electron chi connectivity index (χ4n) is 1.95.